The van der Waals surface area contributed by atoms with Crippen molar-refractivity contribution in [3.05, 3.63) is 0 Å². The van der Waals surface area contributed by atoms with Crippen molar-refractivity contribution < 1.29 is 9.90 Å². The molecular weight excluding hydrogens is 216 g/mol. The predicted octanol–water partition coefficient (Wildman–Crippen LogP) is 1.19. The van der Waals surface area contributed by atoms with Crippen LogP contribution >= 0.6 is 0 Å². The Bertz CT molecular complexity index is 225. The molecule has 0 aliphatic heterocycles. The third-order valence-corrected chi connectivity index (χ3v) is 4.00. The SMILES string of the molecule is CCC(CC)(CO)NCC(=O)NC1CCCC1. The second kappa shape index (κ2) is 6.97. The van der Waals surface area contributed by atoms with Gasteiger partial charge in [0.1, 0.15) is 0 Å². The number of carbonyl (C=O) groups is 1. The van der Waals surface area contributed by atoms with Gasteiger partial charge in [0, 0.05) is 11.6 Å². The molecule has 0 spiro atoms. The van der Waals surface area contributed by atoms with Crippen LogP contribution in [-0.2, 0) is 4.79 Å². The van der Waals surface area contributed by atoms with Crippen molar-refractivity contribution in [2.75, 3.05) is 13.2 Å². The summed E-state index contributed by atoms with van der Waals surface area (Å²) >= 11 is 0. The van der Waals surface area contributed by atoms with Crippen molar-refractivity contribution in [2.24, 2.45) is 0 Å². The zero-order valence-electron chi connectivity index (χ0n) is 11.1. The van der Waals surface area contributed by atoms with E-state index in [4.69, 9.17) is 0 Å². The van der Waals surface area contributed by atoms with Gasteiger partial charge in [-0.05, 0) is 25.7 Å². The van der Waals surface area contributed by atoms with Crippen LogP contribution in [0.3, 0.4) is 0 Å². The van der Waals surface area contributed by atoms with E-state index in [-0.39, 0.29) is 18.1 Å². The van der Waals surface area contributed by atoms with E-state index < -0.39 is 0 Å². The van der Waals surface area contributed by atoms with Gasteiger partial charge in [-0.15, -0.1) is 0 Å². The highest BCUT2D eigenvalue weighted by Crippen LogP contribution is 2.17. The number of aliphatic hydroxyl groups is 1. The molecule has 1 rings (SSSR count). The molecule has 0 radical (unpaired) electrons. The Hall–Kier alpha value is -0.610. The Morgan fingerprint density at radius 1 is 1.29 bits per heavy atom. The summed E-state index contributed by atoms with van der Waals surface area (Å²) in [6.45, 7) is 4.44. The van der Waals surface area contributed by atoms with Crippen LogP contribution in [0.2, 0.25) is 0 Å². The molecule has 0 unspecified atom stereocenters. The summed E-state index contributed by atoms with van der Waals surface area (Å²) in [5.74, 6) is 0.0524. The highest BCUT2D eigenvalue weighted by Gasteiger charge is 2.25. The van der Waals surface area contributed by atoms with Crippen molar-refractivity contribution in [1.29, 1.82) is 0 Å². The molecule has 4 heteroatoms. The molecule has 1 aliphatic rings. The molecule has 0 saturated heterocycles. The van der Waals surface area contributed by atoms with Crippen molar-refractivity contribution in [2.45, 2.75) is 64.0 Å². The molecule has 0 heterocycles. The van der Waals surface area contributed by atoms with Gasteiger partial charge in [-0.25, -0.2) is 0 Å². The molecule has 0 bridgehead atoms. The Kier molecular flexibility index (Phi) is 5.92. The summed E-state index contributed by atoms with van der Waals surface area (Å²) in [5, 5.41) is 15.6. The van der Waals surface area contributed by atoms with Gasteiger partial charge in [0.05, 0.1) is 13.2 Å². The second-order valence-corrected chi connectivity index (χ2v) is 5.05. The zero-order chi connectivity index (χ0) is 12.7. The van der Waals surface area contributed by atoms with Gasteiger partial charge in [0.2, 0.25) is 5.91 Å². The third kappa shape index (κ3) is 4.28. The van der Waals surface area contributed by atoms with Gasteiger partial charge in [0.15, 0.2) is 0 Å². The molecule has 3 N–H and O–H groups in total. The molecule has 4 nitrogen and oxygen atoms in total. The van der Waals surface area contributed by atoms with Crippen LogP contribution in [-0.4, -0.2) is 35.7 Å². The van der Waals surface area contributed by atoms with E-state index in [2.05, 4.69) is 10.6 Å². The first kappa shape index (κ1) is 14.5. The van der Waals surface area contributed by atoms with E-state index >= 15 is 0 Å². The van der Waals surface area contributed by atoms with Crippen LogP contribution in [0.5, 0.6) is 0 Å². The zero-order valence-corrected chi connectivity index (χ0v) is 11.1. The average molecular weight is 242 g/mol. The summed E-state index contributed by atoms with van der Waals surface area (Å²) in [6, 6.07) is 0.371. The topological polar surface area (TPSA) is 61.4 Å². The number of amides is 1. The minimum Gasteiger partial charge on any atom is -0.394 e. The molecule has 1 amide bonds. The Morgan fingerprint density at radius 2 is 1.88 bits per heavy atom. The molecule has 0 atom stereocenters. The van der Waals surface area contributed by atoms with E-state index in [1.807, 2.05) is 13.8 Å². The van der Waals surface area contributed by atoms with Crippen molar-refractivity contribution in [3.8, 4) is 0 Å². The predicted molar refractivity (Wildman–Crippen MR) is 68.8 cm³/mol. The van der Waals surface area contributed by atoms with Crippen LogP contribution in [0.1, 0.15) is 52.4 Å². The van der Waals surface area contributed by atoms with Gasteiger partial charge in [-0.1, -0.05) is 26.7 Å². The lowest BCUT2D eigenvalue weighted by Gasteiger charge is -2.30. The number of hydrogen-bond acceptors (Lipinski definition) is 3. The lowest BCUT2D eigenvalue weighted by molar-refractivity contribution is -0.121. The summed E-state index contributed by atoms with van der Waals surface area (Å²) in [7, 11) is 0. The molecule has 0 aromatic rings. The maximum Gasteiger partial charge on any atom is 0.234 e. The number of aliphatic hydroxyl groups excluding tert-OH is 1. The molecule has 1 saturated carbocycles. The summed E-state index contributed by atoms with van der Waals surface area (Å²) in [5.41, 5.74) is -0.299. The molecular formula is C13H26N2O2. The summed E-state index contributed by atoms with van der Waals surface area (Å²) < 4.78 is 0. The van der Waals surface area contributed by atoms with Gasteiger partial charge >= 0.3 is 0 Å². The lowest BCUT2D eigenvalue weighted by atomic mass is 9.94. The molecule has 1 fully saturated rings. The quantitative estimate of drug-likeness (QED) is 0.628. The number of hydrogen-bond donors (Lipinski definition) is 3. The van der Waals surface area contributed by atoms with Gasteiger partial charge in [-0.2, -0.15) is 0 Å². The third-order valence-electron chi connectivity index (χ3n) is 4.00. The van der Waals surface area contributed by atoms with E-state index in [1.54, 1.807) is 0 Å². The summed E-state index contributed by atoms with van der Waals surface area (Å²) in [6.07, 6.45) is 6.33. The van der Waals surface area contributed by atoms with Crippen LogP contribution < -0.4 is 10.6 Å². The number of nitrogens with one attached hydrogen (secondary N) is 2. The maximum atomic E-state index is 11.7. The molecule has 100 valence electrons. The Balaban J connectivity index is 2.30. The van der Waals surface area contributed by atoms with Crippen molar-refractivity contribution in [3.63, 3.8) is 0 Å². The minimum atomic E-state index is -0.299. The smallest absolute Gasteiger partial charge is 0.234 e. The fourth-order valence-corrected chi connectivity index (χ4v) is 2.40. The first-order valence-electron chi connectivity index (χ1n) is 6.81. The maximum absolute atomic E-state index is 11.7. The fraction of sp³-hybridized carbons (Fsp3) is 0.923. The van der Waals surface area contributed by atoms with Crippen LogP contribution in [0.25, 0.3) is 0 Å². The number of carbonyl (C=O) groups excluding carboxylic acids is 1. The van der Waals surface area contributed by atoms with Crippen molar-refractivity contribution in [1.82, 2.24) is 10.6 Å². The number of rotatable bonds is 7. The minimum absolute atomic E-state index is 0.0524. The molecule has 0 aromatic carbocycles. The highest BCUT2D eigenvalue weighted by molar-refractivity contribution is 5.78. The first-order chi connectivity index (χ1) is 8.15. The fourth-order valence-electron chi connectivity index (χ4n) is 2.40. The average Bonchev–Trinajstić information content (AvgIpc) is 2.84. The monoisotopic (exact) mass is 242 g/mol. The van der Waals surface area contributed by atoms with Crippen LogP contribution in [0, 0.1) is 0 Å². The van der Waals surface area contributed by atoms with Gasteiger partial charge < -0.3 is 15.7 Å². The van der Waals surface area contributed by atoms with Crippen LogP contribution in [0.15, 0.2) is 0 Å². The van der Waals surface area contributed by atoms with E-state index in [0.717, 1.165) is 25.7 Å². The lowest BCUT2D eigenvalue weighted by Crippen LogP contribution is -2.52. The van der Waals surface area contributed by atoms with Crippen molar-refractivity contribution >= 4 is 5.91 Å². The highest BCUT2D eigenvalue weighted by atomic mass is 16.3. The second-order valence-electron chi connectivity index (χ2n) is 5.05. The largest absolute Gasteiger partial charge is 0.394 e. The van der Waals surface area contributed by atoms with E-state index in [9.17, 15) is 9.90 Å². The molecule has 1 aliphatic carbocycles. The van der Waals surface area contributed by atoms with Gasteiger partial charge in [-0.3, -0.25) is 4.79 Å². The Labute approximate surface area is 104 Å². The standard InChI is InChI=1S/C13H26N2O2/c1-3-13(4-2,10-16)14-9-12(17)15-11-7-5-6-8-11/h11,14,16H,3-10H2,1-2H3,(H,15,17). The summed E-state index contributed by atoms with van der Waals surface area (Å²) in [4.78, 5) is 11.7. The van der Waals surface area contributed by atoms with E-state index in [0.29, 0.717) is 12.6 Å². The first-order valence-corrected chi connectivity index (χ1v) is 6.81. The van der Waals surface area contributed by atoms with Crippen LogP contribution in [0.4, 0.5) is 0 Å². The van der Waals surface area contributed by atoms with E-state index in [1.165, 1.54) is 12.8 Å². The molecule has 0 aromatic heterocycles. The normalized spacial score (nSPS) is 17.4. The Morgan fingerprint density at radius 3 is 2.35 bits per heavy atom. The molecule has 17 heavy (non-hydrogen) atoms. The van der Waals surface area contributed by atoms with Gasteiger partial charge in [0.25, 0.3) is 0 Å².